The van der Waals surface area contributed by atoms with E-state index in [1.165, 1.54) is 4.57 Å². The fourth-order valence-corrected chi connectivity index (χ4v) is 2.18. The Balaban J connectivity index is 2.27. The maximum Gasteiger partial charge on any atom is 0.264 e. The summed E-state index contributed by atoms with van der Waals surface area (Å²) in [5.74, 6) is -0.118. The molecule has 1 aliphatic heterocycles. The Bertz CT molecular complexity index is 601. The number of aliphatic hydroxyl groups is 1. The number of carbonyl (C=O) groups excluding carboxylic acids is 1. The van der Waals surface area contributed by atoms with E-state index in [0.717, 1.165) is 5.56 Å². The van der Waals surface area contributed by atoms with Gasteiger partial charge < -0.3 is 10.4 Å². The molecule has 0 spiro atoms. The third-order valence-electron chi connectivity index (χ3n) is 3.06. The Morgan fingerprint density at radius 3 is 2.94 bits per heavy atom. The van der Waals surface area contributed by atoms with Crippen molar-refractivity contribution in [2.75, 3.05) is 5.32 Å². The van der Waals surface area contributed by atoms with Crippen LogP contribution in [0.4, 0.5) is 5.69 Å². The number of hydrogen-bond donors (Lipinski definition) is 2. The second-order valence-corrected chi connectivity index (χ2v) is 4.15. The quantitative estimate of drug-likeness (QED) is 0.724. The van der Waals surface area contributed by atoms with Crippen LogP contribution in [-0.4, -0.2) is 15.6 Å². The zero-order chi connectivity index (χ0) is 12.0. The molecule has 1 aromatic heterocycles. The summed E-state index contributed by atoms with van der Waals surface area (Å²) in [7, 11) is 0. The molecule has 0 amide bonds. The van der Waals surface area contributed by atoms with E-state index < -0.39 is 6.23 Å². The minimum atomic E-state index is -0.865. The van der Waals surface area contributed by atoms with E-state index in [9.17, 15) is 9.90 Å². The SMILES string of the molecule is Cc1cccc2c1N[C@H](O)c1cccn1C2=O. The molecule has 2 aromatic rings. The summed E-state index contributed by atoms with van der Waals surface area (Å²) in [6.45, 7) is 1.91. The number of rotatable bonds is 0. The standard InChI is InChI=1S/C13H12N2O2/c1-8-4-2-5-9-11(8)14-12(16)10-6-3-7-15(10)13(9)17/h2-7,12,14,16H,1H3/t12-/m1/s1. The van der Waals surface area contributed by atoms with Crippen molar-refractivity contribution in [3.05, 3.63) is 53.3 Å². The molecule has 0 unspecified atom stereocenters. The van der Waals surface area contributed by atoms with Crippen LogP contribution < -0.4 is 5.32 Å². The van der Waals surface area contributed by atoms with Crippen LogP contribution in [-0.2, 0) is 0 Å². The molecule has 2 heterocycles. The van der Waals surface area contributed by atoms with Crippen LogP contribution in [0, 0.1) is 6.92 Å². The van der Waals surface area contributed by atoms with Crippen LogP contribution in [0.2, 0.25) is 0 Å². The topological polar surface area (TPSA) is 54.3 Å². The largest absolute Gasteiger partial charge is 0.368 e. The number of hydrogen-bond acceptors (Lipinski definition) is 3. The lowest BCUT2D eigenvalue weighted by Crippen LogP contribution is -2.14. The van der Waals surface area contributed by atoms with Gasteiger partial charge in [0, 0.05) is 6.20 Å². The minimum Gasteiger partial charge on any atom is -0.368 e. The molecule has 4 heteroatoms. The van der Waals surface area contributed by atoms with Crippen molar-refractivity contribution in [2.45, 2.75) is 13.2 Å². The van der Waals surface area contributed by atoms with Crippen molar-refractivity contribution in [3.8, 4) is 0 Å². The highest BCUT2D eigenvalue weighted by Crippen LogP contribution is 2.29. The predicted octanol–water partition coefficient (Wildman–Crippen LogP) is 1.90. The normalized spacial score (nSPS) is 18.0. The van der Waals surface area contributed by atoms with E-state index in [2.05, 4.69) is 5.32 Å². The number of nitrogens with zero attached hydrogens (tertiary/aromatic N) is 1. The van der Waals surface area contributed by atoms with E-state index in [4.69, 9.17) is 0 Å². The Labute approximate surface area is 98.5 Å². The number of benzene rings is 1. The van der Waals surface area contributed by atoms with Crippen LogP contribution >= 0.6 is 0 Å². The van der Waals surface area contributed by atoms with Crippen molar-refractivity contribution in [1.82, 2.24) is 4.57 Å². The first kappa shape index (κ1) is 10.1. The molecule has 1 atom stereocenters. The summed E-state index contributed by atoms with van der Waals surface area (Å²) < 4.78 is 1.48. The molecule has 0 fully saturated rings. The van der Waals surface area contributed by atoms with E-state index in [0.29, 0.717) is 16.9 Å². The second-order valence-electron chi connectivity index (χ2n) is 4.15. The second kappa shape index (κ2) is 3.46. The lowest BCUT2D eigenvalue weighted by molar-refractivity contribution is 0.0950. The summed E-state index contributed by atoms with van der Waals surface area (Å²) in [5.41, 5.74) is 2.79. The summed E-state index contributed by atoms with van der Waals surface area (Å²) in [4.78, 5) is 12.3. The molecule has 2 N–H and O–H groups in total. The van der Waals surface area contributed by atoms with Gasteiger partial charge in [-0.25, -0.2) is 0 Å². The summed E-state index contributed by atoms with van der Waals surface area (Å²) in [6.07, 6.45) is 0.802. The first-order valence-corrected chi connectivity index (χ1v) is 5.44. The van der Waals surface area contributed by atoms with Gasteiger partial charge in [-0.2, -0.15) is 0 Å². The van der Waals surface area contributed by atoms with Crippen molar-refractivity contribution >= 4 is 11.6 Å². The molecule has 4 nitrogen and oxygen atoms in total. The fourth-order valence-electron chi connectivity index (χ4n) is 2.18. The third kappa shape index (κ3) is 1.38. The number of aromatic nitrogens is 1. The molecule has 17 heavy (non-hydrogen) atoms. The van der Waals surface area contributed by atoms with E-state index in [1.807, 2.05) is 19.1 Å². The number of para-hydroxylation sites is 1. The summed E-state index contributed by atoms with van der Waals surface area (Å²) in [6, 6.07) is 9.00. The molecule has 0 saturated heterocycles. The lowest BCUT2D eigenvalue weighted by atomic mass is 10.1. The molecule has 1 aliphatic rings. The maximum atomic E-state index is 12.3. The molecule has 0 radical (unpaired) electrons. The van der Waals surface area contributed by atoms with Crippen molar-refractivity contribution in [1.29, 1.82) is 0 Å². The van der Waals surface area contributed by atoms with Gasteiger partial charge >= 0.3 is 0 Å². The van der Waals surface area contributed by atoms with Crippen molar-refractivity contribution in [2.24, 2.45) is 0 Å². The van der Waals surface area contributed by atoms with Crippen LogP contribution in [0.3, 0.4) is 0 Å². The van der Waals surface area contributed by atoms with Gasteiger partial charge in [-0.05, 0) is 30.7 Å². The number of anilines is 1. The van der Waals surface area contributed by atoms with Crippen LogP contribution in [0.5, 0.6) is 0 Å². The first-order chi connectivity index (χ1) is 8.18. The van der Waals surface area contributed by atoms with Gasteiger partial charge in [-0.15, -0.1) is 0 Å². The Morgan fingerprint density at radius 2 is 2.12 bits per heavy atom. The first-order valence-electron chi connectivity index (χ1n) is 5.44. The molecule has 0 aliphatic carbocycles. The molecule has 0 bridgehead atoms. The van der Waals surface area contributed by atoms with E-state index >= 15 is 0 Å². The number of nitrogens with one attached hydrogen (secondary N) is 1. The maximum absolute atomic E-state index is 12.3. The summed E-state index contributed by atoms with van der Waals surface area (Å²) >= 11 is 0. The van der Waals surface area contributed by atoms with Gasteiger partial charge in [-0.1, -0.05) is 12.1 Å². The van der Waals surface area contributed by atoms with Gasteiger partial charge in [-0.3, -0.25) is 9.36 Å². The number of carbonyl (C=O) groups is 1. The highest BCUT2D eigenvalue weighted by molar-refractivity contribution is 6.02. The Morgan fingerprint density at radius 1 is 1.29 bits per heavy atom. The van der Waals surface area contributed by atoms with Crippen LogP contribution in [0.25, 0.3) is 0 Å². The molecule has 86 valence electrons. The molecule has 1 aromatic carbocycles. The minimum absolute atomic E-state index is 0.118. The van der Waals surface area contributed by atoms with E-state index in [-0.39, 0.29) is 5.91 Å². The third-order valence-corrected chi connectivity index (χ3v) is 3.06. The Hall–Kier alpha value is -2.07. The summed E-state index contributed by atoms with van der Waals surface area (Å²) in [5, 5.41) is 13.0. The zero-order valence-corrected chi connectivity index (χ0v) is 9.34. The van der Waals surface area contributed by atoms with Gasteiger partial charge in [0.1, 0.15) is 0 Å². The van der Waals surface area contributed by atoms with Crippen LogP contribution in [0.1, 0.15) is 27.8 Å². The monoisotopic (exact) mass is 228 g/mol. The van der Waals surface area contributed by atoms with Gasteiger partial charge in [0.2, 0.25) is 0 Å². The van der Waals surface area contributed by atoms with Crippen molar-refractivity contribution < 1.29 is 9.90 Å². The Kier molecular flexibility index (Phi) is 2.06. The predicted molar refractivity (Wildman–Crippen MR) is 63.9 cm³/mol. The molecule has 0 saturated carbocycles. The van der Waals surface area contributed by atoms with Crippen molar-refractivity contribution in [3.63, 3.8) is 0 Å². The number of aliphatic hydroxyl groups excluding tert-OH is 1. The highest BCUT2D eigenvalue weighted by atomic mass is 16.3. The average molecular weight is 228 g/mol. The van der Waals surface area contributed by atoms with Gasteiger partial charge in [0.05, 0.1) is 16.9 Å². The fraction of sp³-hybridized carbons (Fsp3) is 0.154. The molecule has 3 rings (SSSR count). The van der Waals surface area contributed by atoms with Gasteiger partial charge in [0.15, 0.2) is 6.23 Å². The number of aryl methyl sites for hydroxylation is 1. The highest BCUT2D eigenvalue weighted by Gasteiger charge is 2.25. The zero-order valence-electron chi connectivity index (χ0n) is 9.34. The molecular formula is C13H12N2O2. The average Bonchev–Trinajstić information content (AvgIpc) is 2.76. The van der Waals surface area contributed by atoms with Gasteiger partial charge in [0.25, 0.3) is 5.91 Å². The smallest absolute Gasteiger partial charge is 0.264 e. The number of fused-ring (bicyclic) bond motifs is 2. The molecular weight excluding hydrogens is 216 g/mol. The lowest BCUT2D eigenvalue weighted by Gasteiger charge is -2.13. The van der Waals surface area contributed by atoms with Crippen LogP contribution in [0.15, 0.2) is 36.5 Å². The van der Waals surface area contributed by atoms with E-state index in [1.54, 1.807) is 24.4 Å².